The molecule has 0 atom stereocenters. The predicted molar refractivity (Wildman–Crippen MR) is 60.9 cm³/mol. The van der Waals surface area contributed by atoms with Gasteiger partial charge in [-0.3, -0.25) is 19.9 Å². The molecule has 0 amide bonds. The van der Waals surface area contributed by atoms with Gasteiger partial charge in [-0.25, -0.2) is 9.36 Å². The zero-order valence-electron chi connectivity index (χ0n) is 9.16. The van der Waals surface area contributed by atoms with Crippen LogP contribution < -0.4 is 11.2 Å². The van der Waals surface area contributed by atoms with Gasteiger partial charge >= 0.3 is 5.69 Å². The van der Waals surface area contributed by atoms with Crippen LogP contribution >= 0.6 is 0 Å². The molecule has 8 nitrogen and oxygen atoms in total. The van der Waals surface area contributed by atoms with Gasteiger partial charge in [-0.15, -0.1) is 0 Å². The van der Waals surface area contributed by atoms with E-state index in [-0.39, 0.29) is 11.4 Å². The second-order valence-corrected chi connectivity index (χ2v) is 3.51. The van der Waals surface area contributed by atoms with Crippen molar-refractivity contribution in [3.63, 3.8) is 0 Å². The van der Waals surface area contributed by atoms with Gasteiger partial charge in [0.05, 0.1) is 10.6 Å². The normalized spacial score (nSPS) is 10.4. The lowest BCUT2D eigenvalue weighted by Crippen LogP contribution is -2.30. The van der Waals surface area contributed by atoms with Crippen LogP contribution in [0.4, 0.5) is 10.1 Å². The Labute approximate surface area is 103 Å². The average molecular weight is 267 g/mol. The lowest BCUT2D eigenvalue weighted by molar-refractivity contribution is -0.384. The van der Waals surface area contributed by atoms with Crippen LogP contribution in [0, 0.1) is 15.9 Å². The maximum Gasteiger partial charge on any atom is 0.335 e. The van der Waals surface area contributed by atoms with E-state index >= 15 is 0 Å². The van der Waals surface area contributed by atoms with Gasteiger partial charge in [0.1, 0.15) is 0 Å². The van der Waals surface area contributed by atoms with Crippen LogP contribution in [0.1, 0.15) is 0 Å². The molecule has 1 heterocycles. The van der Waals surface area contributed by atoms with Crippen LogP contribution in [-0.2, 0) is 0 Å². The van der Waals surface area contributed by atoms with Gasteiger partial charge in [-0.1, -0.05) is 0 Å². The van der Waals surface area contributed by atoms with Gasteiger partial charge in [0.25, 0.3) is 11.2 Å². The smallest absolute Gasteiger partial charge is 0.335 e. The van der Waals surface area contributed by atoms with E-state index in [0.717, 1.165) is 24.3 Å². The Balaban J connectivity index is 2.66. The first-order valence-corrected chi connectivity index (χ1v) is 4.90. The van der Waals surface area contributed by atoms with Gasteiger partial charge in [0, 0.05) is 12.1 Å². The summed E-state index contributed by atoms with van der Waals surface area (Å²) in [4.78, 5) is 33.8. The van der Waals surface area contributed by atoms with Gasteiger partial charge in [0.2, 0.25) is 11.7 Å². The van der Waals surface area contributed by atoms with Crippen molar-refractivity contribution in [1.29, 1.82) is 0 Å². The Morgan fingerprint density at radius 1 is 1.26 bits per heavy atom. The summed E-state index contributed by atoms with van der Waals surface area (Å²) in [5, 5.41) is 19.9. The van der Waals surface area contributed by atoms with Crippen molar-refractivity contribution < 1.29 is 14.4 Å². The topological polar surface area (TPSA) is 118 Å². The summed E-state index contributed by atoms with van der Waals surface area (Å²) in [6.07, 6.45) is 0. The number of hydrogen-bond acceptors (Lipinski definition) is 5. The van der Waals surface area contributed by atoms with Crippen LogP contribution in [0.3, 0.4) is 0 Å². The molecule has 0 fully saturated rings. The quantitative estimate of drug-likeness (QED) is 0.598. The highest BCUT2D eigenvalue weighted by Gasteiger charge is 2.15. The maximum absolute atomic E-state index is 13.2. The molecule has 0 saturated carbocycles. The number of aromatic hydroxyl groups is 1. The first kappa shape index (κ1) is 12.5. The molecule has 1 aromatic carbocycles. The van der Waals surface area contributed by atoms with Crippen molar-refractivity contribution in [2.75, 3.05) is 0 Å². The first-order chi connectivity index (χ1) is 8.91. The Bertz CT molecular complexity index is 762. The first-order valence-electron chi connectivity index (χ1n) is 4.90. The van der Waals surface area contributed by atoms with E-state index in [0.29, 0.717) is 4.57 Å². The van der Waals surface area contributed by atoms with Crippen molar-refractivity contribution in [2.45, 2.75) is 0 Å². The van der Waals surface area contributed by atoms with Gasteiger partial charge in [-0.05, 0) is 12.1 Å². The second-order valence-electron chi connectivity index (χ2n) is 3.51. The van der Waals surface area contributed by atoms with E-state index in [4.69, 9.17) is 0 Å². The van der Waals surface area contributed by atoms with E-state index in [9.17, 15) is 29.2 Å². The Morgan fingerprint density at radius 3 is 2.37 bits per heavy atom. The van der Waals surface area contributed by atoms with E-state index in [2.05, 4.69) is 0 Å². The van der Waals surface area contributed by atoms with Gasteiger partial charge in [0.15, 0.2) is 0 Å². The highest BCUT2D eigenvalue weighted by atomic mass is 19.1. The summed E-state index contributed by atoms with van der Waals surface area (Å²) in [5.41, 5.74) is -2.66. The number of nitrogens with zero attached hydrogens (tertiary/aromatic N) is 2. The lowest BCUT2D eigenvalue weighted by atomic mass is 10.3. The standard InChI is InChI=1S/C10H6FN3O5/c11-7-8(15)12-10(17)13(9(7)16)5-1-3-6(4-2-5)14(18)19/h1-4,16H,(H,12,15,17). The number of rotatable bonds is 2. The molecule has 0 spiro atoms. The molecule has 0 saturated heterocycles. The monoisotopic (exact) mass is 267 g/mol. The molecule has 0 bridgehead atoms. The fourth-order valence-corrected chi connectivity index (χ4v) is 1.47. The number of H-pyrrole nitrogens is 1. The van der Waals surface area contributed by atoms with Crippen LogP contribution in [0.25, 0.3) is 5.69 Å². The van der Waals surface area contributed by atoms with Crippen molar-refractivity contribution in [3.8, 4) is 11.6 Å². The zero-order chi connectivity index (χ0) is 14.2. The number of benzene rings is 1. The highest BCUT2D eigenvalue weighted by molar-refractivity contribution is 5.42. The molecule has 2 N–H and O–H groups in total. The second kappa shape index (κ2) is 4.37. The third kappa shape index (κ3) is 2.08. The van der Waals surface area contributed by atoms with Gasteiger partial charge in [-0.2, -0.15) is 4.39 Å². The van der Waals surface area contributed by atoms with E-state index in [1.54, 1.807) is 4.98 Å². The Kier molecular flexibility index (Phi) is 2.87. The zero-order valence-corrected chi connectivity index (χ0v) is 9.16. The number of nitrogens with one attached hydrogen (secondary N) is 1. The summed E-state index contributed by atoms with van der Waals surface area (Å²) in [6, 6.07) is 4.42. The summed E-state index contributed by atoms with van der Waals surface area (Å²) in [7, 11) is 0. The van der Waals surface area contributed by atoms with E-state index in [1.807, 2.05) is 0 Å². The third-order valence-electron chi connectivity index (χ3n) is 2.35. The molecule has 2 rings (SSSR count). The highest BCUT2D eigenvalue weighted by Crippen LogP contribution is 2.18. The molecule has 9 heteroatoms. The van der Waals surface area contributed by atoms with Crippen molar-refractivity contribution in [2.24, 2.45) is 0 Å². The fourth-order valence-electron chi connectivity index (χ4n) is 1.47. The van der Waals surface area contributed by atoms with Crippen LogP contribution in [0.15, 0.2) is 33.9 Å². The molecule has 1 aromatic heterocycles. The number of halogens is 1. The Hall–Kier alpha value is -2.97. The minimum absolute atomic E-state index is 0.0248. The molecular weight excluding hydrogens is 261 g/mol. The summed E-state index contributed by atoms with van der Waals surface area (Å²) in [6.45, 7) is 0. The SMILES string of the molecule is O=c1[nH]c(=O)n(-c2ccc([N+](=O)[O-])cc2)c(O)c1F. The third-order valence-corrected chi connectivity index (χ3v) is 2.35. The maximum atomic E-state index is 13.2. The van der Waals surface area contributed by atoms with Crippen molar-refractivity contribution in [1.82, 2.24) is 9.55 Å². The number of nitro groups is 1. The number of nitro benzene ring substituents is 1. The average Bonchev–Trinajstić information content (AvgIpc) is 2.37. The molecule has 19 heavy (non-hydrogen) atoms. The van der Waals surface area contributed by atoms with E-state index < -0.39 is 27.9 Å². The van der Waals surface area contributed by atoms with E-state index in [1.165, 1.54) is 0 Å². The summed E-state index contributed by atoms with van der Waals surface area (Å²) >= 11 is 0. The summed E-state index contributed by atoms with van der Waals surface area (Å²) in [5.74, 6) is -2.68. The molecule has 0 radical (unpaired) electrons. The number of non-ortho nitro benzene ring substituents is 1. The molecule has 2 aromatic rings. The van der Waals surface area contributed by atoms with Crippen LogP contribution in [0.2, 0.25) is 0 Å². The van der Waals surface area contributed by atoms with Gasteiger partial charge < -0.3 is 5.11 Å². The summed E-state index contributed by atoms with van der Waals surface area (Å²) < 4.78 is 13.7. The Morgan fingerprint density at radius 2 is 1.84 bits per heavy atom. The van der Waals surface area contributed by atoms with Crippen molar-refractivity contribution in [3.05, 3.63) is 61.0 Å². The predicted octanol–water partition coefficient (Wildman–Crippen LogP) is 0.279. The molecule has 98 valence electrons. The molecule has 0 aliphatic carbocycles. The van der Waals surface area contributed by atoms with Crippen molar-refractivity contribution >= 4 is 5.69 Å². The fraction of sp³-hybridized carbons (Fsp3) is 0. The number of aromatic nitrogens is 2. The minimum Gasteiger partial charge on any atom is -0.492 e. The lowest BCUT2D eigenvalue weighted by Gasteiger charge is -2.07. The molecule has 0 aliphatic heterocycles. The number of aromatic amines is 1. The molecule has 0 aliphatic rings. The number of hydrogen-bond donors (Lipinski definition) is 2. The largest absolute Gasteiger partial charge is 0.492 e. The van der Waals surface area contributed by atoms with Crippen LogP contribution in [-0.4, -0.2) is 19.6 Å². The molecular formula is C10H6FN3O5. The van der Waals surface area contributed by atoms with Crippen LogP contribution in [0.5, 0.6) is 5.88 Å². The minimum atomic E-state index is -1.52. The molecule has 0 unspecified atom stereocenters.